The van der Waals surface area contributed by atoms with Gasteiger partial charge < -0.3 is 0 Å². The molecule has 1 aliphatic carbocycles. The first-order valence-corrected chi connectivity index (χ1v) is 11.0. The topological polar surface area (TPSA) is 0 Å². The maximum absolute atomic E-state index is 2.40. The maximum atomic E-state index is 2.40. The van der Waals surface area contributed by atoms with Crippen molar-refractivity contribution in [2.45, 2.75) is 19.3 Å². The van der Waals surface area contributed by atoms with Crippen LogP contribution in [-0.4, -0.2) is 0 Å². The highest BCUT2D eigenvalue weighted by atomic mass is 14.5. The smallest absolute Gasteiger partial charge is 0.0622 e. The second-order valence-electron chi connectivity index (χ2n) is 8.74. The molecule has 0 atom stereocenters. The molecule has 0 heterocycles. The summed E-state index contributed by atoms with van der Waals surface area (Å²) < 4.78 is 0. The van der Waals surface area contributed by atoms with E-state index in [1.54, 1.807) is 0 Å². The molecule has 5 aromatic rings. The summed E-state index contributed by atoms with van der Waals surface area (Å²) >= 11 is 0. The standard InChI is InChI=1S/C31H24/c1-21-13-16-26-23(19-21)15-18-28-27-17-14-22(2)20-29(27)31(30(26)28,24-9-5-3-6-10-24)25-11-7-4-8-12-25/h3-20H,1-2H3. The Hall–Kier alpha value is -3.64. The van der Waals surface area contributed by atoms with Gasteiger partial charge in [0.2, 0.25) is 0 Å². The van der Waals surface area contributed by atoms with E-state index in [1.807, 2.05) is 0 Å². The van der Waals surface area contributed by atoms with Crippen LogP contribution >= 0.6 is 0 Å². The average molecular weight is 397 g/mol. The Morgan fingerprint density at radius 2 is 1.10 bits per heavy atom. The fourth-order valence-electron chi connectivity index (χ4n) is 5.56. The van der Waals surface area contributed by atoms with Crippen molar-refractivity contribution in [1.82, 2.24) is 0 Å². The van der Waals surface area contributed by atoms with E-state index >= 15 is 0 Å². The summed E-state index contributed by atoms with van der Waals surface area (Å²) in [6.07, 6.45) is 0. The van der Waals surface area contributed by atoms with Crippen molar-refractivity contribution in [2.75, 3.05) is 0 Å². The van der Waals surface area contributed by atoms with E-state index < -0.39 is 0 Å². The van der Waals surface area contributed by atoms with E-state index in [1.165, 1.54) is 55.3 Å². The van der Waals surface area contributed by atoms with Gasteiger partial charge >= 0.3 is 0 Å². The second-order valence-corrected chi connectivity index (χ2v) is 8.74. The van der Waals surface area contributed by atoms with Crippen molar-refractivity contribution < 1.29 is 0 Å². The molecule has 0 nitrogen and oxygen atoms in total. The normalized spacial score (nSPS) is 13.7. The minimum absolute atomic E-state index is 0.339. The molecule has 0 aromatic heterocycles. The molecule has 0 spiro atoms. The summed E-state index contributed by atoms with van der Waals surface area (Å²) in [7, 11) is 0. The van der Waals surface area contributed by atoms with Crippen molar-refractivity contribution >= 4 is 10.8 Å². The van der Waals surface area contributed by atoms with Crippen LogP contribution in [0.15, 0.2) is 109 Å². The van der Waals surface area contributed by atoms with Crippen LogP contribution in [0.25, 0.3) is 21.9 Å². The highest BCUT2D eigenvalue weighted by Crippen LogP contribution is 2.58. The van der Waals surface area contributed by atoms with Gasteiger partial charge in [0, 0.05) is 0 Å². The Kier molecular flexibility index (Phi) is 3.91. The van der Waals surface area contributed by atoms with E-state index in [0.717, 1.165) is 0 Å². The number of fused-ring (bicyclic) bond motifs is 5. The molecule has 0 heteroatoms. The number of hydrogen-bond acceptors (Lipinski definition) is 0. The van der Waals surface area contributed by atoms with E-state index in [-0.39, 0.29) is 5.41 Å². The van der Waals surface area contributed by atoms with E-state index in [2.05, 4.69) is 123 Å². The van der Waals surface area contributed by atoms with Gasteiger partial charge in [-0.3, -0.25) is 0 Å². The minimum Gasteiger partial charge on any atom is -0.0622 e. The lowest BCUT2D eigenvalue weighted by atomic mass is 9.66. The van der Waals surface area contributed by atoms with Crippen molar-refractivity contribution in [2.24, 2.45) is 0 Å². The molecule has 0 fully saturated rings. The molecule has 0 aliphatic heterocycles. The predicted molar refractivity (Wildman–Crippen MR) is 131 cm³/mol. The summed E-state index contributed by atoms with van der Waals surface area (Å²) in [5, 5.41) is 2.64. The first-order chi connectivity index (χ1) is 15.2. The molecule has 1 aliphatic rings. The van der Waals surface area contributed by atoms with Gasteiger partial charge in [-0.25, -0.2) is 0 Å². The van der Waals surface area contributed by atoms with Crippen LogP contribution < -0.4 is 0 Å². The third kappa shape index (κ3) is 2.48. The lowest BCUT2D eigenvalue weighted by Crippen LogP contribution is -2.28. The molecule has 6 rings (SSSR count). The van der Waals surface area contributed by atoms with Crippen LogP contribution in [0.2, 0.25) is 0 Å². The number of benzene rings is 5. The zero-order valence-corrected chi connectivity index (χ0v) is 17.9. The zero-order chi connectivity index (χ0) is 21.0. The highest BCUT2D eigenvalue weighted by Gasteiger charge is 2.47. The van der Waals surface area contributed by atoms with E-state index in [9.17, 15) is 0 Å². The molecular formula is C31H24. The van der Waals surface area contributed by atoms with Gasteiger partial charge in [0.15, 0.2) is 0 Å². The van der Waals surface area contributed by atoms with Gasteiger partial charge in [0.05, 0.1) is 5.41 Å². The molecule has 0 amide bonds. The van der Waals surface area contributed by atoms with E-state index in [0.29, 0.717) is 0 Å². The first-order valence-electron chi connectivity index (χ1n) is 11.0. The summed E-state index contributed by atoms with van der Waals surface area (Å²) in [5.41, 5.74) is 10.4. The third-order valence-electron chi connectivity index (χ3n) is 6.83. The molecular weight excluding hydrogens is 372 g/mol. The van der Waals surface area contributed by atoms with Crippen molar-refractivity contribution in [3.05, 3.63) is 143 Å². The Balaban J connectivity index is 1.88. The fourth-order valence-corrected chi connectivity index (χ4v) is 5.56. The summed E-state index contributed by atoms with van der Waals surface area (Å²) in [5.74, 6) is 0. The second kappa shape index (κ2) is 6.68. The quantitative estimate of drug-likeness (QED) is 0.280. The molecule has 0 unspecified atom stereocenters. The number of hydrogen-bond donors (Lipinski definition) is 0. The maximum Gasteiger partial charge on any atom is 0.0719 e. The van der Waals surface area contributed by atoms with Crippen molar-refractivity contribution in [3.8, 4) is 11.1 Å². The molecule has 148 valence electrons. The van der Waals surface area contributed by atoms with Crippen LogP contribution in [-0.2, 0) is 5.41 Å². The van der Waals surface area contributed by atoms with Gasteiger partial charge in [-0.1, -0.05) is 120 Å². The van der Waals surface area contributed by atoms with Crippen molar-refractivity contribution in [1.29, 1.82) is 0 Å². The summed E-state index contributed by atoms with van der Waals surface area (Å²) in [6.45, 7) is 4.37. The Morgan fingerprint density at radius 3 is 1.77 bits per heavy atom. The largest absolute Gasteiger partial charge is 0.0719 e. The van der Waals surface area contributed by atoms with Crippen LogP contribution in [0.5, 0.6) is 0 Å². The summed E-state index contributed by atoms with van der Waals surface area (Å²) in [4.78, 5) is 0. The van der Waals surface area contributed by atoms with Gasteiger partial charge in [-0.2, -0.15) is 0 Å². The monoisotopic (exact) mass is 396 g/mol. The Bertz CT molecular complexity index is 1390. The lowest BCUT2D eigenvalue weighted by Gasteiger charge is -2.34. The number of rotatable bonds is 2. The first kappa shape index (κ1) is 18.2. The fraction of sp³-hybridized carbons (Fsp3) is 0.0968. The molecule has 5 aromatic carbocycles. The average Bonchev–Trinajstić information content (AvgIpc) is 3.10. The van der Waals surface area contributed by atoms with Crippen LogP contribution in [0.4, 0.5) is 0 Å². The molecule has 0 radical (unpaired) electrons. The Morgan fingerprint density at radius 1 is 0.516 bits per heavy atom. The van der Waals surface area contributed by atoms with Crippen LogP contribution in [0.1, 0.15) is 33.4 Å². The lowest BCUT2D eigenvalue weighted by molar-refractivity contribution is 0.774. The van der Waals surface area contributed by atoms with Gasteiger partial charge in [-0.05, 0) is 58.0 Å². The Labute approximate surface area is 183 Å². The van der Waals surface area contributed by atoms with Gasteiger partial charge in [0.1, 0.15) is 0 Å². The van der Waals surface area contributed by atoms with Crippen LogP contribution in [0.3, 0.4) is 0 Å². The predicted octanol–water partition coefficient (Wildman–Crippen LogP) is 7.82. The zero-order valence-electron chi connectivity index (χ0n) is 17.9. The molecule has 0 N–H and O–H groups in total. The molecule has 31 heavy (non-hydrogen) atoms. The molecule has 0 bridgehead atoms. The number of aryl methyl sites for hydroxylation is 2. The van der Waals surface area contributed by atoms with Crippen LogP contribution in [0, 0.1) is 13.8 Å². The SMILES string of the molecule is Cc1ccc2c(c1)C(c1ccccc1)(c1ccccc1)c1c-2ccc2cc(C)ccc12. The van der Waals surface area contributed by atoms with Gasteiger partial charge in [-0.15, -0.1) is 0 Å². The van der Waals surface area contributed by atoms with Crippen molar-refractivity contribution in [3.63, 3.8) is 0 Å². The molecule has 0 saturated carbocycles. The highest BCUT2D eigenvalue weighted by molar-refractivity contribution is 6.00. The summed E-state index contributed by atoms with van der Waals surface area (Å²) in [6, 6.07) is 40.5. The van der Waals surface area contributed by atoms with Gasteiger partial charge in [0.25, 0.3) is 0 Å². The minimum atomic E-state index is -0.339. The van der Waals surface area contributed by atoms with E-state index in [4.69, 9.17) is 0 Å². The molecule has 0 saturated heterocycles. The third-order valence-corrected chi connectivity index (χ3v) is 6.83.